The molecule has 1 rings (SSSR count). The number of hydrazine groups is 1. The predicted octanol–water partition coefficient (Wildman–Crippen LogP) is 0.925. The number of aliphatic imine (C=N–C) groups is 1. The van der Waals surface area contributed by atoms with E-state index in [1.807, 2.05) is 30.3 Å². The zero-order valence-corrected chi connectivity index (χ0v) is 6.70. The van der Waals surface area contributed by atoms with Gasteiger partial charge in [-0.15, -0.1) is 0 Å². The van der Waals surface area contributed by atoms with Crippen molar-refractivity contribution in [2.45, 2.75) is 6.92 Å². The standard InChI is InChI=1S/C8H13N3/c1-2-3-5-9-8-11-7-4-6-10-11/h2-5,7,10H,6,8H2,1H3/b3-2-,9-5?. The maximum Gasteiger partial charge on any atom is 0.124 e. The largest absolute Gasteiger partial charge is 0.294 e. The van der Waals surface area contributed by atoms with Crippen molar-refractivity contribution >= 4 is 6.21 Å². The van der Waals surface area contributed by atoms with Crippen LogP contribution >= 0.6 is 0 Å². The van der Waals surface area contributed by atoms with Crippen LogP contribution in [0.25, 0.3) is 0 Å². The monoisotopic (exact) mass is 151 g/mol. The zero-order valence-electron chi connectivity index (χ0n) is 6.70. The normalized spacial score (nSPS) is 17.7. The Bertz CT molecular complexity index is 182. The number of nitrogens with one attached hydrogen (secondary N) is 1. The summed E-state index contributed by atoms with van der Waals surface area (Å²) in [4.78, 5) is 4.14. The molecule has 0 aromatic rings. The first kappa shape index (κ1) is 8.01. The average Bonchev–Trinajstić information content (AvgIpc) is 2.50. The highest BCUT2D eigenvalue weighted by Crippen LogP contribution is 1.91. The Morgan fingerprint density at radius 1 is 1.73 bits per heavy atom. The van der Waals surface area contributed by atoms with Crippen molar-refractivity contribution in [1.82, 2.24) is 10.4 Å². The lowest BCUT2D eigenvalue weighted by molar-refractivity contribution is 0.317. The van der Waals surface area contributed by atoms with E-state index in [2.05, 4.69) is 16.5 Å². The molecule has 0 saturated heterocycles. The van der Waals surface area contributed by atoms with Gasteiger partial charge < -0.3 is 0 Å². The van der Waals surface area contributed by atoms with Gasteiger partial charge in [-0.05, 0) is 13.0 Å². The third-order valence-corrected chi connectivity index (χ3v) is 1.32. The van der Waals surface area contributed by atoms with Crippen LogP contribution in [0.1, 0.15) is 6.92 Å². The Hall–Kier alpha value is -1.09. The van der Waals surface area contributed by atoms with Gasteiger partial charge in [0.1, 0.15) is 6.67 Å². The number of nitrogens with zero attached hydrogens (tertiary/aromatic N) is 2. The lowest BCUT2D eigenvalue weighted by Crippen LogP contribution is -2.28. The van der Waals surface area contributed by atoms with Gasteiger partial charge >= 0.3 is 0 Å². The molecule has 0 bridgehead atoms. The fourth-order valence-electron chi connectivity index (χ4n) is 0.782. The van der Waals surface area contributed by atoms with Gasteiger partial charge in [-0.1, -0.05) is 12.2 Å². The summed E-state index contributed by atoms with van der Waals surface area (Å²) in [6, 6.07) is 0. The topological polar surface area (TPSA) is 27.6 Å². The Morgan fingerprint density at radius 3 is 3.27 bits per heavy atom. The minimum atomic E-state index is 0.681. The van der Waals surface area contributed by atoms with Gasteiger partial charge in [0, 0.05) is 19.0 Å². The second-order valence-electron chi connectivity index (χ2n) is 2.22. The minimum absolute atomic E-state index is 0.681. The lowest BCUT2D eigenvalue weighted by Gasteiger charge is -2.11. The van der Waals surface area contributed by atoms with Gasteiger partial charge in [0.15, 0.2) is 0 Å². The van der Waals surface area contributed by atoms with E-state index in [0.29, 0.717) is 6.67 Å². The highest BCUT2D eigenvalue weighted by atomic mass is 15.5. The third-order valence-electron chi connectivity index (χ3n) is 1.32. The zero-order chi connectivity index (χ0) is 7.94. The fraction of sp³-hybridized carbons (Fsp3) is 0.375. The van der Waals surface area contributed by atoms with Crippen molar-refractivity contribution in [2.24, 2.45) is 4.99 Å². The van der Waals surface area contributed by atoms with Gasteiger partial charge in [-0.3, -0.25) is 10.0 Å². The van der Waals surface area contributed by atoms with Crippen LogP contribution in [-0.2, 0) is 0 Å². The van der Waals surface area contributed by atoms with E-state index in [1.54, 1.807) is 6.21 Å². The van der Waals surface area contributed by atoms with Crippen LogP contribution in [0.3, 0.4) is 0 Å². The predicted molar refractivity (Wildman–Crippen MR) is 47.2 cm³/mol. The van der Waals surface area contributed by atoms with Crippen molar-refractivity contribution in [1.29, 1.82) is 0 Å². The van der Waals surface area contributed by atoms with E-state index in [-0.39, 0.29) is 0 Å². The molecule has 3 nitrogen and oxygen atoms in total. The van der Waals surface area contributed by atoms with E-state index in [1.165, 1.54) is 0 Å². The molecular formula is C8H13N3. The second-order valence-corrected chi connectivity index (χ2v) is 2.22. The Kier molecular flexibility index (Phi) is 3.41. The highest BCUT2D eigenvalue weighted by molar-refractivity contribution is 5.70. The molecule has 1 N–H and O–H groups in total. The van der Waals surface area contributed by atoms with E-state index in [0.717, 1.165) is 6.54 Å². The van der Waals surface area contributed by atoms with Gasteiger partial charge in [-0.2, -0.15) is 0 Å². The molecule has 11 heavy (non-hydrogen) atoms. The molecule has 0 saturated carbocycles. The number of allylic oxidation sites excluding steroid dienone is 2. The Balaban J connectivity index is 2.16. The molecule has 0 atom stereocenters. The highest BCUT2D eigenvalue weighted by Gasteiger charge is 1.98. The SMILES string of the molecule is C/C=C\C=NCN1C=CCN1. The minimum Gasteiger partial charge on any atom is -0.294 e. The van der Waals surface area contributed by atoms with Crippen LogP contribution in [0.5, 0.6) is 0 Å². The molecule has 0 fully saturated rings. The molecule has 0 spiro atoms. The average molecular weight is 151 g/mol. The van der Waals surface area contributed by atoms with Crippen LogP contribution in [0.4, 0.5) is 0 Å². The quantitative estimate of drug-likeness (QED) is 0.607. The molecule has 0 amide bonds. The van der Waals surface area contributed by atoms with Crippen LogP contribution in [-0.4, -0.2) is 24.4 Å². The number of hydrogen-bond donors (Lipinski definition) is 1. The van der Waals surface area contributed by atoms with Crippen molar-refractivity contribution in [3.05, 3.63) is 24.4 Å². The first-order valence-corrected chi connectivity index (χ1v) is 3.71. The van der Waals surface area contributed by atoms with Gasteiger partial charge in [0.05, 0.1) is 0 Å². The summed E-state index contributed by atoms with van der Waals surface area (Å²) < 4.78 is 0. The van der Waals surface area contributed by atoms with E-state index in [9.17, 15) is 0 Å². The molecule has 1 heterocycles. The first-order valence-electron chi connectivity index (χ1n) is 3.71. The van der Waals surface area contributed by atoms with Gasteiger partial charge in [0.25, 0.3) is 0 Å². The molecule has 3 heteroatoms. The number of hydrogen-bond acceptors (Lipinski definition) is 3. The maximum atomic E-state index is 4.14. The lowest BCUT2D eigenvalue weighted by atomic mass is 10.6. The number of rotatable bonds is 3. The first-order chi connectivity index (χ1) is 5.43. The molecular weight excluding hydrogens is 138 g/mol. The van der Waals surface area contributed by atoms with Gasteiger partial charge in [0.2, 0.25) is 0 Å². The van der Waals surface area contributed by atoms with Crippen LogP contribution < -0.4 is 5.43 Å². The summed E-state index contributed by atoms with van der Waals surface area (Å²) in [7, 11) is 0. The van der Waals surface area contributed by atoms with E-state index >= 15 is 0 Å². The smallest absolute Gasteiger partial charge is 0.124 e. The molecule has 1 aliphatic rings. The summed E-state index contributed by atoms with van der Waals surface area (Å²) >= 11 is 0. The van der Waals surface area contributed by atoms with Gasteiger partial charge in [-0.25, -0.2) is 5.43 Å². The maximum absolute atomic E-state index is 4.14. The second kappa shape index (κ2) is 4.68. The molecule has 0 aromatic heterocycles. The van der Waals surface area contributed by atoms with Crippen LogP contribution in [0.2, 0.25) is 0 Å². The van der Waals surface area contributed by atoms with Crippen LogP contribution in [0.15, 0.2) is 29.4 Å². The molecule has 0 aliphatic carbocycles. The summed E-state index contributed by atoms with van der Waals surface area (Å²) in [5.41, 5.74) is 3.12. The van der Waals surface area contributed by atoms with Crippen molar-refractivity contribution < 1.29 is 0 Å². The molecule has 60 valence electrons. The molecule has 1 aliphatic heterocycles. The molecule has 0 unspecified atom stereocenters. The van der Waals surface area contributed by atoms with Crippen LogP contribution in [0, 0.1) is 0 Å². The summed E-state index contributed by atoms with van der Waals surface area (Å²) in [6.07, 6.45) is 9.72. The third kappa shape index (κ3) is 3.00. The van der Waals surface area contributed by atoms with Crippen molar-refractivity contribution in [3.8, 4) is 0 Å². The summed E-state index contributed by atoms with van der Waals surface area (Å²) in [6.45, 7) is 3.57. The summed E-state index contributed by atoms with van der Waals surface area (Å²) in [5, 5.41) is 1.94. The van der Waals surface area contributed by atoms with E-state index in [4.69, 9.17) is 0 Å². The Labute approximate surface area is 67.1 Å². The molecule has 0 radical (unpaired) electrons. The molecule has 0 aromatic carbocycles. The van der Waals surface area contributed by atoms with E-state index < -0.39 is 0 Å². The van der Waals surface area contributed by atoms with Crippen molar-refractivity contribution in [2.75, 3.05) is 13.2 Å². The van der Waals surface area contributed by atoms with Crippen molar-refractivity contribution in [3.63, 3.8) is 0 Å². The fourth-order valence-corrected chi connectivity index (χ4v) is 0.782. The summed E-state index contributed by atoms with van der Waals surface area (Å²) in [5.74, 6) is 0. The Morgan fingerprint density at radius 2 is 2.64 bits per heavy atom.